The average Bonchev–Trinajstić information content (AvgIpc) is 3.08. The van der Waals surface area contributed by atoms with E-state index in [4.69, 9.17) is 0 Å². The zero-order valence-electron chi connectivity index (χ0n) is 14.8. The van der Waals surface area contributed by atoms with Gasteiger partial charge in [-0.25, -0.2) is 0 Å². The van der Waals surface area contributed by atoms with Crippen LogP contribution in [0.1, 0.15) is 53.8 Å². The van der Waals surface area contributed by atoms with Crippen molar-refractivity contribution >= 4 is 22.2 Å². The van der Waals surface area contributed by atoms with Crippen molar-refractivity contribution in [1.29, 1.82) is 0 Å². The van der Waals surface area contributed by atoms with E-state index in [0.717, 1.165) is 50.1 Å². The molecule has 3 heterocycles. The van der Waals surface area contributed by atoms with Crippen molar-refractivity contribution < 1.29 is 4.79 Å². The monoisotopic (exact) mass is 347 g/mol. The summed E-state index contributed by atoms with van der Waals surface area (Å²) in [5, 5.41) is 1.31. The molecule has 0 bridgehead atoms. The molecule has 24 heavy (non-hydrogen) atoms. The number of carbonyl (C=O) groups is 1. The SMILES string of the molecule is CN1CCCc2cc(C(=O)N3CCN(C4CCCCC4)CC3)sc21. The Bertz CT molecular complexity index is 585. The maximum Gasteiger partial charge on any atom is 0.264 e. The van der Waals surface area contributed by atoms with E-state index >= 15 is 0 Å². The van der Waals surface area contributed by atoms with Gasteiger partial charge >= 0.3 is 0 Å². The third kappa shape index (κ3) is 3.21. The van der Waals surface area contributed by atoms with Gasteiger partial charge in [-0.1, -0.05) is 19.3 Å². The normalized spacial score (nSPS) is 23.4. The first-order valence-corrected chi connectivity index (χ1v) is 10.4. The lowest BCUT2D eigenvalue weighted by Gasteiger charge is -2.40. The van der Waals surface area contributed by atoms with Crippen LogP contribution in [0.3, 0.4) is 0 Å². The Balaban J connectivity index is 1.38. The topological polar surface area (TPSA) is 26.8 Å². The molecule has 1 amide bonds. The fourth-order valence-electron chi connectivity index (χ4n) is 4.53. The Hall–Kier alpha value is -1.07. The van der Waals surface area contributed by atoms with Gasteiger partial charge in [0.15, 0.2) is 0 Å². The first-order chi connectivity index (χ1) is 11.7. The van der Waals surface area contributed by atoms with Gasteiger partial charge in [0.1, 0.15) is 0 Å². The quantitative estimate of drug-likeness (QED) is 0.822. The number of fused-ring (bicyclic) bond motifs is 1. The molecule has 2 aliphatic heterocycles. The van der Waals surface area contributed by atoms with Crippen molar-refractivity contribution in [3.63, 3.8) is 0 Å². The van der Waals surface area contributed by atoms with E-state index in [-0.39, 0.29) is 5.91 Å². The highest BCUT2D eigenvalue weighted by molar-refractivity contribution is 7.18. The van der Waals surface area contributed by atoms with Crippen molar-refractivity contribution in [3.8, 4) is 0 Å². The highest BCUT2D eigenvalue weighted by atomic mass is 32.1. The van der Waals surface area contributed by atoms with Gasteiger partial charge in [0.25, 0.3) is 5.91 Å². The fraction of sp³-hybridized carbons (Fsp3) is 0.737. The van der Waals surface area contributed by atoms with Crippen LogP contribution >= 0.6 is 11.3 Å². The molecule has 5 heteroatoms. The van der Waals surface area contributed by atoms with Gasteiger partial charge in [0, 0.05) is 45.8 Å². The minimum absolute atomic E-state index is 0.256. The molecule has 0 radical (unpaired) electrons. The molecular formula is C19H29N3OS. The summed E-state index contributed by atoms with van der Waals surface area (Å²) in [6.07, 6.45) is 9.23. The summed E-state index contributed by atoms with van der Waals surface area (Å²) < 4.78 is 0. The minimum Gasteiger partial charge on any atom is -0.366 e. The van der Waals surface area contributed by atoms with Gasteiger partial charge in [-0.2, -0.15) is 0 Å². The molecule has 0 atom stereocenters. The van der Waals surface area contributed by atoms with Gasteiger partial charge in [-0.15, -0.1) is 11.3 Å². The molecule has 1 aromatic heterocycles. The summed E-state index contributed by atoms with van der Waals surface area (Å²) in [6.45, 7) is 5.02. The number of hydrogen-bond donors (Lipinski definition) is 0. The van der Waals surface area contributed by atoms with Crippen molar-refractivity contribution in [2.45, 2.75) is 51.0 Å². The Morgan fingerprint density at radius 1 is 1.04 bits per heavy atom. The molecular weight excluding hydrogens is 318 g/mol. The lowest BCUT2D eigenvalue weighted by molar-refractivity contribution is 0.0527. The molecule has 0 N–H and O–H groups in total. The van der Waals surface area contributed by atoms with E-state index in [1.807, 2.05) is 0 Å². The van der Waals surface area contributed by atoms with Crippen molar-refractivity contribution in [2.24, 2.45) is 0 Å². The number of thiophene rings is 1. The van der Waals surface area contributed by atoms with Crippen LogP contribution in [0.4, 0.5) is 5.00 Å². The third-order valence-electron chi connectivity index (χ3n) is 5.98. The molecule has 1 saturated carbocycles. The van der Waals surface area contributed by atoms with Gasteiger partial charge in [0.05, 0.1) is 9.88 Å². The molecule has 0 spiro atoms. The smallest absolute Gasteiger partial charge is 0.264 e. The van der Waals surface area contributed by atoms with Gasteiger partial charge in [-0.3, -0.25) is 9.69 Å². The van der Waals surface area contributed by atoms with E-state index in [2.05, 4.69) is 27.8 Å². The Labute approximate surface area is 149 Å². The molecule has 2 fully saturated rings. The lowest BCUT2D eigenvalue weighted by atomic mass is 9.94. The zero-order valence-corrected chi connectivity index (χ0v) is 15.6. The van der Waals surface area contributed by atoms with Crippen molar-refractivity contribution in [3.05, 3.63) is 16.5 Å². The van der Waals surface area contributed by atoms with Crippen LogP contribution in [0, 0.1) is 0 Å². The van der Waals surface area contributed by atoms with Crippen LogP contribution in [-0.4, -0.2) is 61.5 Å². The summed E-state index contributed by atoms with van der Waals surface area (Å²) in [7, 11) is 2.14. The summed E-state index contributed by atoms with van der Waals surface area (Å²) >= 11 is 1.70. The number of carbonyl (C=O) groups excluding carboxylic acids is 1. The van der Waals surface area contributed by atoms with E-state index in [1.165, 1.54) is 49.1 Å². The number of amides is 1. The van der Waals surface area contributed by atoms with Crippen LogP contribution in [0.25, 0.3) is 0 Å². The van der Waals surface area contributed by atoms with Crippen molar-refractivity contribution in [2.75, 3.05) is 44.7 Å². The van der Waals surface area contributed by atoms with E-state index in [9.17, 15) is 4.79 Å². The number of rotatable bonds is 2. The number of nitrogens with zero attached hydrogens (tertiary/aromatic N) is 3. The van der Waals surface area contributed by atoms with E-state index < -0.39 is 0 Å². The number of aryl methyl sites for hydroxylation is 1. The first kappa shape index (κ1) is 16.4. The minimum atomic E-state index is 0.256. The molecule has 1 aromatic rings. The Morgan fingerprint density at radius 3 is 2.50 bits per heavy atom. The summed E-state index contributed by atoms with van der Waals surface area (Å²) in [5.74, 6) is 0.256. The summed E-state index contributed by atoms with van der Waals surface area (Å²) in [4.78, 5) is 20.9. The fourth-order valence-corrected chi connectivity index (χ4v) is 5.69. The number of piperazine rings is 1. The molecule has 1 saturated heterocycles. The second-order valence-electron chi connectivity index (χ2n) is 7.59. The molecule has 4 rings (SSSR count). The van der Waals surface area contributed by atoms with E-state index in [0.29, 0.717) is 0 Å². The van der Waals surface area contributed by atoms with Gasteiger partial charge < -0.3 is 9.80 Å². The van der Waals surface area contributed by atoms with Crippen molar-refractivity contribution in [1.82, 2.24) is 9.80 Å². The number of anilines is 1. The van der Waals surface area contributed by atoms with Crippen LogP contribution in [0.15, 0.2) is 6.07 Å². The summed E-state index contributed by atoms with van der Waals surface area (Å²) in [5.41, 5.74) is 1.37. The largest absolute Gasteiger partial charge is 0.366 e. The highest BCUT2D eigenvalue weighted by Gasteiger charge is 2.29. The molecule has 0 unspecified atom stereocenters. The number of hydrogen-bond acceptors (Lipinski definition) is 4. The van der Waals surface area contributed by atoms with Crippen LogP contribution in [-0.2, 0) is 6.42 Å². The van der Waals surface area contributed by atoms with Gasteiger partial charge in [-0.05, 0) is 37.3 Å². The Kier molecular flexibility index (Phi) is 4.81. The Morgan fingerprint density at radius 2 is 1.79 bits per heavy atom. The van der Waals surface area contributed by atoms with Crippen LogP contribution in [0.5, 0.6) is 0 Å². The van der Waals surface area contributed by atoms with Crippen LogP contribution in [0.2, 0.25) is 0 Å². The molecule has 1 aliphatic carbocycles. The molecule has 3 aliphatic rings. The molecule has 132 valence electrons. The average molecular weight is 348 g/mol. The maximum atomic E-state index is 12.9. The predicted octanol–water partition coefficient (Wildman–Crippen LogP) is 3.22. The second kappa shape index (κ2) is 7.04. The predicted molar refractivity (Wildman–Crippen MR) is 100 cm³/mol. The summed E-state index contributed by atoms with van der Waals surface area (Å²) in [6, 6.07) is 2.93. The molecule has 4 nitrogen and oxygen atoms in total. The lowest BCUT2D eigenvalue weighted by Crippen LogP contribution is -2.52. The van der Waals surface area contributed by atoms with Gasteiger partial charge in [0.2, 0.25) is 0 Å². The zero-order chi connectivity index (χ0) is 16.5. The highest BCUT2D eigenvalue weighted by Crippen LogP contribution is 2.35. The second-order valence-corrected chi connectivity index (χ2v) is 8.62. The van der Waals surface area contributed by atoms with E-state index in [1.54, 1.807) is 11.3 Å². The first-order valence-electron chi connectivity index (χ1n) is 9.59. The van der Waals surface area contributed by atoms with Crippen LogP contribution < -0.4 is 4.90 Å². The standard InChI is InChI=1S/C19H29N3OS/c1-20-9-5-6-15-14-17(24-19(15)20)18(23)22-12-10-21(11-13-22)16-7-3-2-4-8-16/h14,16H,2-13H2,1H3. The maximum absolute atomic E-state index is 12.9. The molecule has 0 aromatic carbocycles. The third-order valence-corrected chi connectivity index (χ3v) is 7.26.